The largest absolute Gasteiger partial charge is 0.453 e. The van der Waals surface area contributed by atoms with E-state index in [1.807, 2.05) is 12.1 Å². The van der Waals surface area contributed by atoms with Gasteiger partial charge in [0.25, 0.3) is 0 Å². The smallest absolute Gasteiger partial charge is 0.412 e. The van der Waals surface area contributed by atoms with Crippen molar-refractivity contribution in [3.63, 3.8) is 0 Å². The van der Waals surface area contributed by atoms with Gasteiger partial charge in [-0.1, -0.05) is 47.6 Å². The number of ether oxygens (including phenoxy) is 1. The molecule has 0 aromatic heterocycles. The molecule has 0 fully saturated rings. The van der Waals surface area contributed by atoms with Gasteiger partial charge in [-0.05, 0) is 67.2 Å². The number of nitrogens with zero attached hydrogens (tertiary/aromatic N) is 1. The number of methoxy groups -OCH3 is 1. The van der Waals surface area contributed by atoms with Gasteiger partial charge in [0.1, 0.15) is 6.04 Å². The highest BCUT2D eigenvalue weighted by Crippen LogP contribution is 2.30. The molecule has 3 rings (SSSR count). The number of thioether (sulfide) groups is 1. The number of ketones is 1. The quantitative estimate of drug-likeness (QED) is 0.304. The molecule has 0 heterocycles. The maximum Gasteiger partial charge on any atom is 0.412 e. The molecule has 2 atom stereocenters. The lowest BCUT2D eigenvalue weighted by Gasteiger charge is -2.24. The monoisotopic (exact) mass is 529 g/mol. The first kappa shape index (κ1) is 26.6. The third-order valence-corrected chi connectivity index (χ3v) is 7.52. The Morgan fingerprint density at radius 3 is 2.37 bits per heavy atom. The molecule has 0 saturated heterocycles. The molecule has 2 unspecified atom stereocenters. The summed E-state index contributed by atoms with van der Waals surface area (Å²) in [4.78, 5) is 29.0. The second-order valence-corrected chi connectivity index (χ2v) is 10.2. The summed E-state index contributed by atoms with van der Waals surface area (Å²) in [7, 11) is -0.340. The van der Waals surface area contributed by atoms with Gasteiger partial charge in [-0.25, -0.2) is 14.0 Å². The molecule has 0 aliphatic heterocycles. The summed E-state index contributed by atoms with van der Waals surface area (Å²) < 4.78 is 18.3. The fourth-order valence-corrected chi connectivity index (χ4v) is 5.13. The van der Waals surface area contributed by atoms with Gasteiger partial charge in [0, 0.05) is 20.4 Å². The van der Waals surface area contributed by atoms with Crippen molar-refractivity contribution < 1.29 is 18.5 Å². The number of hydrogen-bond acceptors (Lipinski definition) is 7. The van der Waals surface area contributed by atoms with E-state index in [1.54, 1.807) is 54.8 Å². The molecule has 2 aromatic carbocycles. The molecule has 2 N–H and O–H groups in total. The Hall–Kier alpha value is -3.01. The molecule has 1 amide bonds. The first-order valence-electron chi connectivity index (χ1n) is 10.5. The van der Waals surface area contributed by atoms with Crippen LogP contribution in [0.2, 0.25) is 5.02 Å². The highest BCUT2D eigenvalue weighted by atomic mass is 35.5. The van der Waals surface area contributed by atoms with Crippen LogP contribution in [-0.2, 0) is 22.0 Å². The third kappa shape index (κ3) is 6.78. The summed E-state index contributed by atoms with van der Waals surface area (Å²) in [6.45, 7) is 1.47. The van der Waals surface area contributed by atoms with E-state index in [1.165, 1.54) is 25.8 Å². The van der Waals surface area contributed by atoms with E-state index < -0.39 is 22.9 Å². The van der Waals surface area contributed by atoms with Gasteiger partial charge >= 0.3 is 6.09 Å². The van der Waals surface area contributed by atoms with Crippen LogP contribution in [0.15, 0.2) is 81.0 Å². The molecule has 35 heavy (non-hydrogen) atoms. The normalized spacial score (nSPS) is 16.7. The maximum atomic E-state index is 13.6. The fraction of sp³-hybridized carbons (Fsp3) is 0.200. The van der Waals surface area contributed by atoms with Crippen molar-refractivity contribution in [2.75, 3.05) is 13.4 Å². The van der Waals surface area contributed by atoms with Crippen LogP contribution in [0.5, 0.6) is 0 Å². The molecule has 182 valence electrons. The molecule has 0 saturated carbocycles. The number of aliphatic imine (C=N–C) groups is 1. The van der Waals surface area contributed by atoms with E-state index in [0.717, 1.165) is 5.56 Å². The summed E-state index contributed by atoms with van der Waals surface area (Å²) in [6, 6.07) is 13.1. The van der Waals surface area contributed by atoms with Crippen LogP contribution in [-0.4, -0.2) is 46.4 Å². The number of halogens is 1. The number of alkyl carbamates (subject to hydrolysis) is 1. The first-order valence-corrected chi connectivity index (χ1v) is 13.2. The Labute approximate surface area is 215 Å². The van der Waals surface area contributed by atoms with Crippen LogP contribution in [0.4, 0.5) is 4.79 Å². The number of Topliss-reactive ketones (excluding diaryl/α,β-unsaturated/α-hetero) is 1. The summed E-state index contributed by atoms with van der Waals surface area (Å²) in [5.74, 6) is -0.0758. The van der Waals surface area contributed by atoms with Crippen LogP contribution < -0.4 is 5.32 Å². The van der Waals surface area contributed by atoms with Crippen molar-refractivity contribution in [1.29, 1.82) is 5.41 Å². The zero-order chi connectivity index (χ0) is 25.5. The average molecular weight is 530 g/mol. The van der Waals surface area contributed by atoms with Gasteiger partial charge in [-0.2, -0.15) is 0 Å². The molecule has 0 spiro atoms. The van der Waals surface area contributed by atoms with Crippen molar-refractivity contribution >= 4 is 56.9 Å². The van der Waals surface area contributed by atoms with E-state index in [4.69, 9.17) is 17.0 Å². The van der Waals surface area contributed by atoms with E-state index in [2.05, 4.69) is 15.0 Å². The zero-order valence-corrected chi connectivity index (χ0v) is 21.7. The molecule has 1 aliphatic rings. The minimum atomic E-state index is -1.59. The van der Waals surface area contributed by atoms with E-state index >= 15 is 0 Å². The van der Waals surface area contributed by atoms with E-state index in [0.29, 0.717) is 32.4 Å². The molecule has 1 aliphatic carbocycles. The highest BCUT2D eigenvalue weighted by Gasteiger charge is 2.28. The van der Waals surface area contributed by atoms with Crippen molar-refractivity contribution in [3.05, 3.63) is 87.3 Å². The lowest BCUT2D eigenvalue weighted by Crippen LogP contribution is -2.32. The molecule has 2 aromatic rings. The van der Waals surface area contributed by atoms with Gasteiger partial charge in [-0.3, -0.25) is 10.1 Å². The van der Waals surface area contributed by atoms with Crippen molar-refractivity contribution in [2.24, 2.45) is 4.99 Å². The predicted molar refractivity (Wildman–Crippen MR) is 142 cm³/mol. The first-order chi connectivity index (χ1) is 16.7. The number of carbonyl (C=O) groups is 2. The molecule has 7 nitrogen and oxygen atoms in total. The standard InChI is InChI=1S/C25H24ClN3O4S2/c1-15(30)17-6-10-19(11-7-17)35(32)22-13-12-21(27)23(28-24(34-3)29-25(31)33-2)20(22)14-16-4-8-18(26)9-5-16/h4-13,23,27H,14H2,1-3H3,(H,28,29,31). The highest BCUT2D eigenvalue weighted by molar-refractivity contribution is 8.13. The summed E-state index contributed by atoms with van der Waals surface area (Å²) >= 11 is 7.24. The minimum Gasteiger partial charge on any atom is -0.453 e. The average Bonchev–Trinajstić information content (AvgIpc) is 2.86. The Morgan fingerprint density at radius 1 is 1.14 bits per heavy atom. The number of amidine groups is 1. The Bertz CT molecular complexity index is 1250. The van der Waals surface area contributed by atoms with E-state index in [-0.39, 0.29) is 16.7 Å². The summed E-state index contributed by atoms with van der Waals surface area (Å²) in [6.07, 6.45) is 4.67. The maximum absolute atomic E-state index is 13.6. The third-order valence-electron chi connectivity index (χ3n) is 5.17. The SMILES string of the molecule is COC(=O)NC(=NC1C(=N)C=CC(S(=O)c2ccc(C(C)=O)cc2)=C1Cc1ccc(Cl)cc1)SC. The Kier molecular flexibility index (Phi) is 9.20. The van der Waals surface area contributed by atoms with Crippen LogP contribution in [0, 0.1) is 5.41 Å². The van der Waals surface area contributed by atoms with Gasteiger partial charge < -0.3 is 10.1 Å². The van der Waals surface area contributed by atoms with Crippen LogP contribution in [0.3, 0.4) is 0 Å². The topological polar surface area (TPSA) is 109 Å². The zero-order valence-electron chi connectivity index (χ0n) is 19.3. The van der Waals surface area contributed by atoms with Crippen molar-refractivity contribution in [2.45, 2.75) is 24.3 Å². The predicted octanol–water partition coefficient (Wildman–Crippen LogP) is 5.18. The molecular weight excluding hydrogens is 506 g/mol. The Morgan fingerprint density at radius 2 is 1.80 bits per heavy atom. The lowest BCUT2D eigenvalue weighted by molar-refractivity contribution is 0.101. The van der Waals surface area contributed by atoms with Gasteiger partial charge in [-0.15, -0.1) is 0 Å². The van der Waals surface area contributed by atoms with Crippen LogP contribution >= 0.6 is 23.4 Å². The van der Waals surface area contributed by atoms with Gasteiger partial charge in [0.05, 0.1) is 23.6 Å². The molecule has 10 heteroatoms. The number of carbonyl (C=O) groups excluding carboxylic acids is 2. The number of hydrogen-bond donors (Lipinski definition) is 2. The van der Waals surface area contributed by atoms with Gasteiger partial charge in [0.15, 0.2) is 11.0 Å². The number of rotatable bonds is 6. The van der Waals surface area contributed by atoms with Crippen LogP contribution in [0.25, 0.3) is 0 Å². The fourth-order valence-electron chi connectivity index (χ4n) is 3.35. The van der Waals surface area contributed by atoms with Crippen molar-refractivity contribution in [1.82, 2.24) is 5.32 Å². The number of benzene rings is 2. The second-order valence-electron chi connectivity index (χ2n) is 7.49. The number of allylic oxidation sites excluding steroid dienone is 1. The molecule has 0 bridgehead atoms. The van der Waals surface area contributed by atoms with Crippen molar-refractivity contribution in [3.8, 4) is 0 Å². The van der Waals surface area contributed by atoms with E-state index in [9.17, 15) is 13.8 Å². The minimum absolute atomic E-state index is 0.0758. The summed E-state index contributed by atoms with van der Waals surface area (Å²) in [5, 5.41) is 12.0. The molecule has 0 radical (unpaired) electrons. The number of amides is 1. The second kappa shape index (κ2) is 12.1. The lowest BCUT2D eigenvalue weighted by atomic mass is 9.92. The summed E-state index contributed by atoms with van der Waals surface area (Å²) in [5.41, 5.74) is 2.29. The number of nitrogens with one attached hydrogen (secondary N) is 2. The van der Waals surface area contributed by atoms with Gasteiger partial charge in [0.2, 0.25) is 0 Å². The molecular formula is C25H24ClN3O4S2. The Balaban J connectivity index is 2.10. The van der Waals surface area contributed by atoms with Crippen LogP contribution in [0.1, 0.15) is 22.8 Å².